The van der Waals surface area contributed by atoms with Gasteiger partial charge < -0.3 is 10.5 Å². The van der Waals surface area contributed by atoms with Gasteiger partial charge in [-0.3, -0.25) is 4.90 Å². The number of ether oxygens (including phenoxy) is 1. The van der Waals surface area contributed by atoms with Crippen molar-refractivity contribution < 1.29 is 4.74 Å². The van der Waals surface area contributed by atoms with E-state index in [0.717, 1.165) is 32.7 Å². The van der Waals surface area contributed by atoms with Crippen molar-refractivity contribution in [2.24, 2.45) is 5.73 Å². The molecule has 2 atom stereocenters. The average molecular weight is 172 g/mol. The highest BCUT2D eigenvalue weighted by atomic mass is 16.5. The van der Waals surface area contributed by atoms with Gasteiger partial charge >= 0.3 is 0 Å². The lowest BCUT2D eigenvalue weighted by Crippen LogP contribution is -2.49. The SMILES string of the molecule is CCC1COCCN1CC(C)N. The monoisotopic (exact) mass is 172 g/mol. The van der Waals surface area contributed by atoms with E-state index in [1.807, 2.05) is 0 Å². The van der Waals surface area contributed by atoms with E-state index < -0.39 is 0 Å². The van der Waals surface area contributed by atoms with Crippen molar-refractivity contribution in [3.8, 4) is 0 Å². The molecular weight excluding hydrogens is 152 g/mol. The zero-order chi connectivity index (χ0) is 8.97. The van der Waals surface area contributed by atoms with Gasteiger partial charge in [0.15, 0.2) is 0 Å². The van der Waals surface area contributed by atoms with Gasteiger partial charge in [0.05, 0.1) is 13.2 Å². The van der Waals surface area contributed by atoms with Gasteiger partial charge in [0.25, 0.3) is 0 Å². The van der Waals surface area contributed by atoms with Crippen molar-refractivity contribution in [2.75, 3.05) is 26.3 Å². The van der Waals surface area contributed by atoms with Crippen LogP contribution in [0.3, 0.4) is 0 Å². The van der Waals surface area contributed by atoms with E-state index in [1.165, 1.54) is 0 Å². The number of hydrogen-bond acceptors (Lipinski definition) is 3. The summed E-state index contributed by atoms with van der Waals surface area (Å²) >= 11 is 0. The lowest BCUT2D eigenvalue weighted by atomic mass is 10.1. The Morgan fingerprint density at radius 2 is 2.42 bits per heavy atom. The molecule has 1 aliphatic heterocycles. The zero-order valence-corrected chi connectivity index (χ0v) is 8.12. The number of rotatable bonds is 3. The van der Waals surface area contributed by atoms with E-state index in [1.54, 1.807) is 0 Å². The maximum atomic E-state index is 5.76. The zero-order valence-electron chi connectivity index (χ0n) is 8.12. The number of hydrogen-bond donors (Lipinski definition) is 1. The predicted molar refractivity (Wildman–Crippen MR) is 50.1 cm³/mol. The fourth-order valence-electron chi connectivity index (χ4n) is 1.68. The van der Waals surface area contributed by atoms with Crippen molar-refractivity contribution >= 4 is 0 Å². The highest BCUT2D eigenvalue weighted by Crippen LogP contribution is 2.09. The van der Waals surface area contributed by atoms with Crippen LogP contribution in [-0.4, -0.2) is 43.3 Å². The first kappa shape index (κ1) is 9.96. The fourth-order valence-corrected chi connectivity index (χ4v) is 1.68. The molecule has 0 saturated carbocycles. The van der Waals surface area contributed by atoms with E-state index in [4.69, 9.17) is 10.5 Å². The molecule has 0 radical (unpaired) electrons. The molecule has 0 aromatic carbocycles. The molecule has 0 bridgehead atoms. The van der Waals surface area contributed by atoms with E-state index in [0.29, 0.717) is 6.04 Å². The summed E-state index contributed by atoms with van der Waals surface area (Å²) < 4.78 is 5.40. The summed E-state index contributed by atoms with van der Waals surface area (Å²) in [6.45, 7) is 8.05. The van der Waals surface area contributed by atoms with E-state index >= 15 is 0 Å². The molecule has 0 spiro atoms. The Bertz CT molecular complexity index is 128. The molecule has 1 aliphatic rings. The molecule has 0 aliphatic carbocycles. The number of nitrogens with zero attached hydrogens (tertiary/aromatic N) is 1. The van der Waals surface area contributed by atoms with E-state index in [2.05, 4.69) is 18.7 Å². The molecule has 2 unspecified atom stereocenters. The van der Waals surface area contributed by atoms with Crippen molar-refractivity contribution in [1.29, 1.82) is 0 Å². The van der Waals surface area contributed by atoms with Crippen LogP contribution in [0.5, 0.6) is 0 Å². The van der Waals surface area contributed by atoms with Crippen LogP contribution in [0.2, 0.25) is 0 Å². The second-order valence-electron chi connectivity index (χ2n) is 3.61. The maximum absolute atomic E-state index is 5.76. The minimum absolute atomic E-state index is 0.275. The number of morpholine rings is 1. The van der Waals surface area contributed by atoms with E-state index in [9.17, 15) is 0 Å². The highest BCUT2D eigenvalue weighted by Gasteiger charge is 2.21. The van der Waals surface area contributed by atoms with Gasteiger partial charge in [-0.05, 0) is 13.3 Å². The Labute approximate surface area is 74.9 Å². The van der Waals surface area contributed by atoms with Crippen LogP contribution in [-0.2, 0) is 4.74 Å². The molecule has 0 aromatic rings. The maximum Gasteiger partial charge on any atom is 0.0622 e. The summed E-state index contributed by atoms with van der Waals surface area (Å²) in [5, 5.41) is 0. The Morgan fingerprint density at radius 3 is 3.00 bits per heavy atom. The quantitative estimate of drug-likeness (QED) is 0.671. The topological polar surface area (TPSA) is 38.5 Å². The van der Waals surface area contributed by atoms with Crippen molar-refractivity contribution in [2.45, 2.75) is 32.4 Å². The molecule has 1 rings (SSSR count). The standard InChI is InChI=1S/C9H20N2O/c1-3-9-7-12-5-4-11(9)6-8(2)10/h8-9H,3-7,10H2,1-2H3. The third-order valence-electron chi connectivity index (χ3n) is 2.34. The smallest absolute Gasteiger partial charge is 0.0622 e. The lowest BCUT2D eigenvalue weighted by Gasteiger charge is -2.35. The van der Waals surface area contributed by atoms with Gasteiger partial charge in [-0.1, -0.05) is 6.92 Å². The summed E-state index contributed by atoms with van der Waals surface area (Å²) in [6.07, 6.45) is 1.16. The van der Waals surface area contributed by atoms with Crippen molar-refractivity contribution in [1.82, 2.24) is 4.90 Å². The van der Waals surface area contributed by atoms with Gasteiger partial charge in [0.2, 0.25) is 0 Å². The third-order valence-corrected chi connectivity index (χ3v) is 2.34. The lowest BCUT2D eigenvalue weighted by molar-refractivity contribution is -0.0102. The van der Waals surface area contributed by atoms with Crippen LogP contribution >= 0.6 is 0 Å². The Morgan fingerprint density at radius 1 is 1.67 bits per heavy atom. The Kier molecular flexibility index (Phi) is 3.98. The molecule has 72 valence electrons. The molecule has 3 heteroatoms. The number of nitrogens with two attached hydrogens (primary N) is 1. The molecule has 1 heterocycles. The summed E-state index contributed by atoms with van der Waals surface area (Å²) in [5.41, 5.74) is 5.76. The molecule has 0 amide bonds. The minimum Gasteiger partial charge on any atom is -0.378 e. The first-order chi connectivity index (χ1) is 5.74. The van der Waals surface area contributed by atoms with Crippen LogP contribution < -0.4 is 5.73 Å². The van der Waals surface area contributed by atoms with Crippen LogP contribution in [0.1, 0.15) is 20.3 Å². The normalized spacial score (nSPS) is 28.8. The molecule has 1 fully saturated rings. The van der Waals surface area contributed by atoms with Crippen LogP contribution in [0, 0.1) is 0 Å². The first-order valence-corrected chi connectivity index (χ1v) is 4.81. The summed E-state index contributed by atoms with van der Waals surface area (Å²) in [6, 6.07) is 0.863. The molecule has 12 heavy (non-hydrogen) atoms. The Hall–Kier alpha value is -0.120. The molecule has 0 aromatic heterocycles. The molecule has 2 N–H and O–H groups in total. The van der Waals surface area contributed by atoms with Gasteiger partial charge in [-0.15, -0.1) is 0 Å². The van der Waals surface area contributed by atoms with Crippen LogP contribution in [0.25, 0.3) is 0 Å². The van der Waals surface area contributed by atoms with Crippen molar-refractivity contribution in [3.05, 3.63) is 0 Å². The summed E-state index contributed by atoms with van der Waals surface area (Å²) in [7, 11) is 0. The fraction of sp³-hybridized carbons (Fsp3) is 1.00. The second kappa shape index (κ2) is 4.80. The summed E-state index contributed by atoms with van der Waals surface area (Å²) in [5.74, 6) is 0. The van der Waals surface area contributed by atoms with Crippen LogP contribution in [0.15, 0.2) is 0 Å². The van der Waals surface area contributed by atoms with Gasteiger partial charge in [-0.2, -0.15) is 0 Å². The Balaban J connectivity index is 2.36. The summed E-state index contributed by atoms with van der Waals surface area (Å²) in [4.78, 5) is 2.44. The second-order valence-corrected chi connectivity index (χ2v) is 3.61. The predicted octanol–water partition coefficient (Wildman–Crippen LogP) is 0.444. The van der Waals surface area contributed by atoms with Gasteiger partial charge in [0.1, 0.15) is 0 Å². The molecular formula is C9H20N2O. The third kappa shape index (κ3) is 2.73. The molecule has 3 nitrogen and oxygen atoms in total. The van der Waals surface area contributed by atoms with Gasteiger partial charge in [0, 0.05) is 25.2 Å². The van der Waals surface area contributed by atoms with Gasteiger partial charge in [-0.25, -0.2) is 0 Å². The largest absolute Gasteiger partial charge is 0.378 e. The first-order valence-electron chi connectivity index (χ1n) is 4.81. The minimum atomic E-state index is 0.275. The molecule has 1 saturated heterocycles. The highest BCUT2D eigenvalue weighted by molar-refractivity contribution is 4.76. The van der Waals surface area contributed by atoms with E-state index in [-0.39, 0.29) is 6.04 Å². The average Bonchev–Trinajstić information content (AvgIpc) is 2.04. The van der Waals surface area contributed by atoms with Crippen LogP contribution in [0.4, 0.5) is 0 Å². The van der Waals surface area contributed by atoms with Crippen molar-refractivity contribution in [3.63, 3.8) is 0 Å².